The van der Waals surface area contributed by atoms with E-state index in [4.69, 9.17) is 4.74 Å². The zero-order valence-electron chi connectivity index (χ0n) is 14.6. The van der Waals surface area contributed by atoms with Crippen LogP contribution in [0.3, 0.4) is 0 Å². The number of halogens is 1. The quantitative estimate of drug-likeness (QED) is 0.496. The Morgan fingerprint density at radius 3 is 2.85 bits per heavy atom. The van der Waals surface area contributed by atoms with E-state index in [0.717, 1.165) is 25.0 Å². The lowest BCUT2D eigenvalue weighted by Gasteiger charge is -2.14. The van der Waals surface area contributed by atoms with Crippen LogP contribution in [0.5, 0.6) is 0 Å². The molecule has 0 bridgehead atoms. The number of ketones is 1. The number of carbonyl (C=O) groups is 1. The number of aromatic nitrogens is 4. The average Bonchev–Trinajstić information content (AvgIpc) is 3.44. The van der Waals surface area contributed by atoms with Crippen LogP contribution in [0.15, 0.2) is 47.8 Å². The highest BCUT2D eigenvalue weighted by Gasteiger charge is 2.22. The van der Waals surface area contributed by atoms with Crippen LogP contribution in [0.2, 0.25) is 0 Å². The minimum atomic E-state index is -0.296. The summed E-state index contributed by atoms with van der Waals surface area (Å²) < 4.78 is 21.0. The molecule has 3 aromatic rings. The molecule has 2 aromatic heterocycles. The van der Waals surface area contributed by atoms with Crippen molar-refractivity contribution in [3.8, 4) is 11.4 Å². The fraction of sp³-hybridized carbons (Fsp3) is 0.316. The van der Waals surface area contributed by atoms with Crippen molar-refractivity contribution in [2.45, 2.75) is 30.6 Å². The van der Waals surface area contributed by atoms with Crippen LogP contribution < -0.4 is 0 Å². The first-order valence-electron chi connectivity index (χ1n) is 8.81. The number of rotatable bonds is 7. The standard InChI is InChI=1S/C19H19FN4O2S/c20-14-7-5-13(6-8-14)18-22-23-19(24(18)11-15-3-2-10-26-15)27-12-17(25)16-4-1-9-21-16/h1,4-9,15,21H,2-3,10-12H2/t15-/m1/s1. The number of nitrogens with one attached hydrogen (secondary N) is 1. The van der Waals surface area contributed by atoms with Gasteiger partial charge in [-0.15, -0.1) is 10.2 Å². The molecule has 1 aromatic carbocycles. The third kappa shape index (κ3) is 4.12. The first kappa shape index (κ1) is 17.9. The van der Waals surface area contributed by atoms with Crippen LogP contribution in [0.1, 0.15) is 23.3 Å². The van der Waals surface area contributed by atoms with Gasteiger partial charge in [0.05, 0.1) is 24.1 Å². The van der Waals surface area contributed by atoms with Gasteiger partial charge in [-0.2, -0.15) is 0 Å². The highest BCUT2D eigenvalue weighted by molar-refractivity contribution is 7.99. The van der Waals surface area contributed by atoms with Crippen LogP contribution in [0, 0.1) is 5.82 Å². The molecule has 8 heteroatoms. The zero-order valence-corrected chi connectivity index (χ0v) is 15.4. The van der Waals surface area contributed by atoms with Gasteiger partial charge < -0.3 is 9.72 Å². The second-order valence-electron chi connectivity index (χ2n) is 6.35. The molecule has 3 heterocycles. The van der Waals surface area contributed by atoms with Crippen LogP contribution in [0.25, 0.3) is 11.4 Å². The lowest BCUT2D eigenvalue weighted by Crippen LogP contribution is -2.17. The molecule has 1 fully saturated rings. The topological polar surface area (TPSA) is 72.8 Å². The second-order valence-corrected chi connectivity index (χ2v) is 7.30. The molecule has 1 aliphatic rings. The summed E-state index contributed by atoms with van der Waals surface area (Å²) in [4.78, 5) is 15.2. The summed E-state index contributed by atoms with van der Waals surface area (Å²) in [6.45, 7) is 1.37. The number of ether oxygens (including phenoxy) is 1. The van der Waals surface area contributed by atoms with Gasteiger partial charge in [-0.3, -0.25) is 9.36 Å². The Labute approximate surface area is 160 Å². The van der Waals surface area contributed by atoms with Crippen molar-refractivity contribution in [2.75, 3.05) is 12.4 Å². The van der Waals surface area contributed by atoms with Crippen LogP contribution in [-0.4, -0.2) is 44.0 Å². The summed E-state index contributed by atoms with van der Waals surface area (Å²) in [5, 5.41) is 9.23. The number of aromatic amines is 1. The smallest absolute Gasteiger partial charge is 0.192 e. The molecule has 0 saturated carbocycles. The molecule has 1 saturated heterocycles. The van der Waals surface area contributed by atoms with Gasteiger partial charge >= 0.3 is 0 Å². The normalized spacial score (nSPS) is 16.7. The Hall–Kier alpha value is -2.45. The van der Waals surface area contributed by atoms with Crippen LogP contribution in [-0.2, 0) is 11.3 Å². The molecule has 6 nitrogen and oxygen atoms in total. The van der Waals surface area contributed by atoms with Gasteiger partial charge in [0, 0.05) is 18.4 Å². The Kier molecular flexibility index (Phi) is 5.35. The molecule has 0 spiro atoms. The Morgan fingerprint density at radius 2 is 2.15 bits per heavy atom. The maximum atomic E-state index is 13.3. The van der Waals surface area contributed by atoms with E-state index in [9.17, 15) is 9.18 Å². The van der Waals surface area contributed by atoms with E-state index in [2.05, 4.69) is 15.2 Å². The van der Waals surface area contributed by atoms with E-state index in [1.165, 1.54) is 23.9 Å². The molecule has 0 unspecified atom stereocenters. The van der Waals surface area contributed by atoms with Gasteiger partial charge in [-0.05, 0) is 49.2 Å². The molecule has 0 aliphatic carbocycles. The number of hydrogen-bond donors (Lipinski definition) is 1. The SMILES string of the molecule is O=C(CSc1nnc(-c2ccc(F)cc2)n1C[C@H]1CCCO1)c1ccc[nH]1. The first-order valence-corrected chi connectivity index (χ1v) is 9.79. The highest BCUT2D eigenvalue weighted by atomic mass is 32.2. The maximum Gasteiger partial charge on any atom is 0.192 e. The summed E-state index contributed by atoms with van der Waals surface area (Å²) in [5.74, 6) is 0.614. The van der Waals surface area contributed by atoms with Gasteiger partial charge in [0.1, 0.15) is 5.82 Å². The van der Waals surface area contributed by atoms with Gasteiger partial charge in [-0.25, -0.2) is 4.39 Å². The van der Waals surface area contributed by atoms with Crippen molar-refractivity contribution in [1.82, 2.24) is 19.7 Å². The summed E-state index contributed by atoms with van der Waals surface area (Å²) in [7, 11) is 0. The molecule has 4 rings (SSSR count). The Morgan fingerprint density at radius 1 is 1.30 bits per heavy atom. The third-order valence-electron chi connectivity index (χ3n) is 4.46. The number of H-pyrrole nitrogens is 1. The van der Waals surface area contributed by atoms with Crippen molar-refractivity contribution in [3.63, 3.8) is 0 Å². The van der Waals surface area contributed by atoms with Crippen LogP contribution >= 0.6 is 11.8 Å². The lowest BCUT2D eigenvalue weighted by atomic mass is 10.2. The fourth-order valence-corrected chi connectivity index (χ4v) is 3.91. The minimum absolute atomic E-state index is 0.00000133. The van der Waals surface area contributed by atoms with E-state index < -0.39 is 0 Å². The van der Waals surface area contributed by atoms with Gasteiger partial charge in [-0.1, -0.05) is 11.8 Å². The lowest BCUT2D eigenvalue weighted by molar-refractivity contribution is 0.0953. The van der Waals surface area contributed by atoms with Crippen molar-refractivity contribution >= 4 is 17.5 Å². The first-order chi connectivity index (χ1) is 13.2. The van der Waals surface area contributed by atoms with E-state index in [-0.39, 0.29) is 23.5 Å². The second kappa shape index (κ2) is 8.06. The van der Waals surface area contributed by atoms with Gasteiger partial charge in [0.2, 0.25) is 0 Å². The molecular formula is C19H19FN4O2S. The van der Waals surface area contributed by atoms with E-state index >= 15 is 0 Å². The van der Waals surface area contributed by atoms with Crippen molar-refractivity contribution in [1.29, 1.82) is 0 Å². The summed E-state index contributed by atoms with van der Waals surface area (Å²) in [6.07, 6.45) is 3.84. The summed E-state index contributed by atoms with van der Waals surface area (Å²) in [5.41, 5.74) is 1.36. The molecule has 0 radical (unpaired) electrons. The molecular weight excluding hydrogens is 367 g/mol. The maximum absolute atomic E-state index is 13.3. The molecule has 27 heavy (non-hydrogen) atoms. The number of hydrogen-bond acceptors (Lipinski definition) is 5. The summed E-state index contributed by atoms with van der Waals surface area (Å²) in [6, 6.07) is 9.73. The van der Waals surface area contributed by atoms with Crippen molar-refractivity contribution in [3.05, 3.63) is 54.1 Å². The van der Waals surface area contributed by atoms with E-state index in [0.29, 0.717) is 23.2 Å². The number of carbonyl (C=O) groups excluding carboxylic acids is 1. The molecule has 0 amide bonds. The molecule has 140 valence electrons. The number of benzene rings is 1. The summed E-state index contributed by atoms with van der Waals surface area (Å²) >= 11 is 1.35. The predicted molar refractivity (Wildman–Crippen MR) is 100 cm³/mol. The van der Waals surface area contributed by atoms with Crippen molar-refractivity contribution in [2.24, 2.45) is 0 Å². The molecule has 1 N–H and O–H groups in total. The largest absolute Gasteiger partial charge is 0.376 e. The third-order valence-corrected chi connectivity index (χ3v) is 5.43. The van der Waals surface area contributed by atoms with E-state index in [1.807, 2.05) is 4.57 Å². The number of Topliss-reactive ketones (excluding diaryl/α,β-unsaturated/α-hetero) is 1. The van der Waals surface area contributed by atoms with Crippen LogP contribution in [0.4, 0.5) is 4.39 Å². The Balaban J connectivity index is 1.58. The predicted octanol–water partition coefficient (Wildman–Crippen LogP) is 3.57. The average molecular weight is 386 g/mol. The fourth-order valence-electron chi connectivity index (χ4n) is 3.08. The highest BCUT2D eigenvalue weighted by Crippen LogP contribution is 2.27. The molecule has 1 atom stereocenters. The Bertz CT molecular complexity index is 902. The van der Waals surface area contributed by atoms with Gasteiger partial charge in [0.15, 0.2) is 16.8 Å². The number of thioether (sulfide) groups is 1. The minimum Gasteiger partial charge on any atom is -0.376 e. The number of nitrogens with zero attached hydrogens (tertiary/aromatic N) is 3. The van der Waals surface area contributed by atoms with E-state index in [1.54, 1.807) is 30.5 Å². The molecule has 1 aliphatic heterocycles. The monoisotopic (exact) mass is 386 g/mol. The van der Waals surface area contributed by atoms with Gasteiger partial charge in [0.25, 0.3) is 0 Å². The van der Waals surface area contributed by atoms with Crippen molar-refractivity contribution < 1.29 is 13.9 Å². The zero-order chi connectivity index (χ0) is 18.6.